The van der Waals surface area contributed by atoms with E-state index in [4.69, 9.17) is 16.3 Å². The van der Waals surface area contributed by atoms with Crippen LogP contribution in [-0.4, -0.2) is 29.7 Å². The van der Waals surface area contributed by atoms with Crippen LogP contribution in [0.3, 0.4) is 0 Å². The van der Waals surface area contributed by atoms with Gasteiger partial charge in [0.15, 0.2) is 6.61 Å². The Kier molecular flexibility index (Phi) is 6.37. The minimum Gasteiger partial charge on any atom is -0.452 e. The number of carbonyl (C=O) groups is 2. The molecule has 0 fully saturated rings. The molecule has 0 aliphatic carbocycles. The van der Waals surface area contributed by atoms with Gasteiger partial charge < -0.3 is 10.1 Å². The SMILES string of the molecule is CSc1ccc(C(=O)OCC(=O)Nc2ccccc2Cl)cc1[N+](=O)[O-]. The predicted octanol–water partition coefficient (Wildman–Crippen LogP) is 3.77. The Morgan fingerprint density at radius 1 is 1.28 bits per heavy atom. The molecule has 0 aliphatic rings. The van der Waals surface area contributed by atoms with E-state index >= 15 is 0 Å². The van der Waals surface area contributed by atoms with Gasteiger partial charge in [-0.1, -0.05) is 23.7 Å². The lowest BCUT2D eigenvalue weighted by Gasteiger charge is -2.08. The first-order valence-electron chi connectivity index (χ1n) is 6.96. The van der Waals surface area contributed by atoms with Crippen molar-refractivity contribution in [3.63, 3.8) is 0 Å². The summed E-state index contributed by atoms with van der Waals surface area (Å²) in [6.07, 6.45) is 1.69. The van der Waals surface area contributed by atoms with Gasteiger partial charge in [-0.15, -0.1) is 11.8 Å². The number of anilines is 1. The molecular formula is C16H13ClN2O5S. The van der Waals surface area contributed by atoms with Gasteiger partial charge in [0.25, 0.3) is 11.6 Å². The Morgan fingerprint density at radius 3 is 2.64 bits per heavy atom. The van der Waals surface area contributed by atoms with Gasteiger partial charge >= 0.3 is 5.97 Å². The molecule has 1 amide bonds. The number of carbonyl (C=O) groups excluding carboxylic acids is 2. The molecule has 2 aromatic carbocycles. The van der Waals surface area contributed by atoms with Crippen molar-refractivity contribution in [2.75, 3.05) is 18.2 Å². The molecule has 0 bridgehead atoms. The number of para-hydroxylation sites is 1. The third-order valence-electron chi connectivity index (χ3n) is 3.09. The predicted molar refractivity (Wildman–Crippen MR) is 95.2 cm³/mol. The van der Waals surface area contributed by atoms with Crippen molar-refractivity contribution < 1.29 is 19.2 Å². The number of benzene rings is 2. The number of nitro benzene ring substituents is 1. The second-order valence-electron chi connectivity index (χ2n) is 4.75. The van der Waals surface area contributed by atoms with Gasteiger partial charge in [-0.3, -0.25) is 14.9 Å². The van der Waals surface area contributed by atoms with Gasteiger partial charge in [0, 0.05) is 6.07 Å². The molecule has 9 heteroatoms. The first kappa shape index (κ1) is 18.8. The van der Waals surface area contributed by atoms with Crippen LogP contribution < -0.4 is 5.32 Å². The third kappa shape index (κ3) is 4.94. The Bertz CT molecular complexity index is 828. The zero-order valence-electron chi connectivity index (χ0n) is 13.0. The summed E-state index contributed by atoms with van der Waals surface area (Å²) in [5, 5.41) is 13.9. The summed E-state index contributed by atoms with van der Waals surface area (Å²) in [5.41, 5.74) is 0.197. The first-order chi connectivity index (χ1) is 11.9. The van der Waals surface area contributed by atoms with Crippen LogP contribution in [0, 0.1) is 10.1 Å². The maximum absolute atomic E-state index is 12.0. The highest BCUT2D eigenvalue weighted by Crippen LogP contribution is 2.28. The number of amides is 1. The van der Waals surface area contributed by atoms with Crippen molar-refractivity contribution in [3.8, 4) is 0 Å². The van der Waals surface area contributed by atoms with Crippen LogP contribution in [0.4, 0.5) is 11.4 Å². The molecule has 25 heavy (non-hydrogen) atoms. The topological polar surface area (TPSA) is 98.5 Å². The standard InChI is InChI=1S/C16H13ClN2O5S/c1-25-14-7-6-10(8-13(14)19(22)23)16(21)24-9-15(20)18-12-5-3-2-4-11(12)17/h2-8H,9H2,1H3,(H,18,20). The van der Waals surface area contributed by atoms with E-state index in [1.807, 2.05) is 0 Å². The summed E-state index contributed by atoms with van der Waals surface area (Å²) in [7, 11) is 0. The van der Waals surface area contributed by atoms with Crippen LogP contribution in [0.25, 0.3) is 0 Å². The summed E-state index contributed by atoms with van der Waals surface area (Å²) >= 11 is 7.11. The minimum absolute atomic E-state index is 0.00459. The summed E-state index contributed by atoms with van der Waals surface area (Å²) < 4.78 is 4.89. The fraction of sp³-hybridized carbons (Fsp3) is 0.125. The molecule has 130 valence electrons. The monoisotopic (exact) mass is 380 g/mol. The van der Waals surface area contributed by atoms with Crippen molar-refractivity contribution >= 4 is 46.6 Å². The second kappa shape index (κ2) is 8.50. The maximum atomic E-state index is 12.0. The molecule has 2 rings (SSSR count). The molecular weight excluding hydrogens is 368 g/mol. The number of halogens is 1. The third-order valence-corrected chi connectivity index (χ3v) is 4.21. The van der Waals surface area contributed by atoms with Gasteiger partial charge in [0.1, 0.15) is 0 Å². The number of esters is 1. The first-order valence-corrected chi connectivity index (χ1v) is 8.56. The molecule has 0 aliphatic heterocycles. The average Bonchev–Trinajstić information content (AvgIpc) is 2.61. The minimum atomic E-state index is -0.829. The van der Waals surface area contributed by atoms with Crippen molar-refractivity contribution in [3.05, 3.63) is 63.2 Å². The number of thioether (sulfide) groups is 1. The maximum Gasteiger partial charge on any atom is 0.338 e. The number of ether oxygens (including phenoxy) is 1. The smallest absolute Gasteiger partial charge is 0.338 e. The molecule has 0 saturated heterocycles. The van der Waals surface area contributed by atoms with E-state index in [9.17, 15) is 19.7 Å². The number of nitro groups is 1. The number of hydrogen-bond donors (Lipinski definition) is 1. The highest BCUT2D eigenvalue weighted by atomic mass is 35.5. The molecule has 7 nitrogen and oxygen atoms in total. The Labute approximate surface area is 152 Å². The number of nitrogens with zero attached hydrogens (tertiary/aromatic N) is 1. The number of rotatable bonds is 6. The average molecular weight is 381 g/mol. The zero-order valence-corrected chi connectivity index (χ0v) is 14.6. The van der Waals surface area contributed by atoms with Crippen LogP contribution in [0.5, 0.6) is 0 Å². The lowest BCUT2D eigenvalue weighted by molar-refractivity contribution is -0.387. The highest BCUT2D eigenvalue weighted by molar-refractivity contribution is 7.98. The molecule has 0 heterocycles. The molecule has 2 aromatic rings. The van der Waals surface area contributed by atoms with E-state index in [1.165, 1.54) is 23.9 Å². The van der Waals surface area contributed by atoms with Gasteiger partial charge in [0.2, 0.25) is 0 Å². The van der Waals surface area contributed by atoms with Crippen LogP contribution in [0.1, 0.15) is 10.4 Å². The van der Waals surface area contributed by atoms with Crippen LogP contribution in [0.15, 0.2) is 47.4 Å². The van der Waals surface area contributed by atoms with Gasteiger partial charge in [-0.05, 0) is 30.5 Å². The largest absolute Gasteiger partial charge is 0.452 e. The summed E-state index contributed by atoms with van der Waals surface area (Å²) in [6.45, 7) is -0.540. The lowest BCUT2D eigenvalue weighted by atomic mass is 10.2. The fourth-order valence-corrected chi connectivity index (χ4v) is 2.65. The van der Waals surface area contributed by atoms with Crippen molar-refractivity contribution in [1.82, 2.24) is 0 Å². The van der Waals surface area contributed by atoms with Gasteiger partial charge in [-0.2, -0.15) is 0 Å². The quantitative estimate of drug-likeness (QED) is 0.354. The van der Waals surface area contributed by atoms with Crippen LogP contribution >= 0.6 is 23.4 Å². The Morgan fingerprint density at radius 2 is 2.00 bits per heavy atom. The summed E-state index contributed by atoms with van der Waals surface area (Å²) in [5.74, 6) is -1.40. The van der Waals surface area contributed by atoms with E-state index in [0.717, 1.165) is 6.07 Å². The molecule has 0 aromatic heterocycles. The molecule has 0 unspecified atom stereocenters. The highest BCUT2D eigenvalue weighted by Gasteiger charge is 2.18. The normalized spacial score (nSPS) is 10.2. The van der Waals surface area contributed by atoms with Gasteiger partial charge in [0.05, 0.1) is 26.1 Å². The molecule has 1 N–H and O–H groups in total. The zero-order chi connectivity index (χ0) is 18.4. The van der Waals surface area contributed by atoms with E-state index < -0.39 is 23.4 Å². The molecule has 0 saturated carbocycles. The summed E-state index contributed by atoms with van der Waals surface area (Å²) in [6, 6.07) is 10.6. The fourth-order valence-electron chi connectivity index (χ4n) is 1.92. The van der Waals surface area contributed by atoms with Gasteiger partial charge in [-0.25, -0.2) is 4.79 Å². The van der Waals surface area contributed by atoms with E-state index in [-0.39, 0.29) is 11.3 Å². The van der Waals surface area contributed by atoms with E-state index in [2.05, 4.69) is 5.32 Å². The lowest BCUT2D eigenvalue weighted by Crippen LogP contribution is -2.21. The van der Waals surface area contributed by atoms with Crippen molar-refractivity contribution in [2.45, 2.75) is 4.90 Å². The van der Waals surface area contributed by atoms with Crippen LogP contribution in [-0.2, 0) is 9.53 Å². The van der Waals surface area contributed by atoms with E-state index in [1.54, 1.807) is 30.5 Å². The van der Waals surface area contributed by atoms with Crippen LogP contribution in [0.2, 0.25) is 5.02 Å². The second-order valence-corrected chi connectivity index (χ2v) is 6.00. The summed E-state index contributed by atoms with van der Waals surface area (Å²) in [4.78, 5) is 34.7. The Balaban J connectivity index is 2.00. The molecule has 0 radical (unpaired) electrons. The number of hydrogen-bond acceptors (Lipinski definition) is 6. The Hall–Kier alpha value is -2.58. The van der Waals surface area contributed by atoms with E-state index in [0.29, 0.717) is 15.6 Å². The number of nitrogens with one attached hydrogen (secondary N) is 1. The molecule has 0 atom stereocenters. The molecule has 0 spiro atoms. The van der Waals surface area contributed by atoms with Crippen molar-refractivity contribution in [1.29, 1.82) is 0 Å². The van der Waals surface area contributed by atoms with Crippen molar-refractivity contribution in [2.24, 2.45) is 0 Å².